The molecule has 4 aromatic rings. The van der Waals surface area contributed by atoms with E-state index in [1.807, 2.05) is 46.9 Å². The molecule has 1 aliphatic rings. The Kier molecular flexibility index (Phi) is 5.03. The molecule has 32 heavy (non-hydrogen) atoms. The Morgan fingerprint density at radius 2 is 1.97 bits per heavy atom. The summed E-state index contributed by atoms with van der Waals surface area (Å²) in [5, 5.41) is 0. The number of imidazole rings is 1. The van der Waals surface area contributed by atoms with E-state index in [1.165, 1.54) is 6.08 Å². The van der Waals surface area contributed by atoms with Crippen LogP contribution in [0.1, 0.15) is 18.0 Å². The molecule has 0 aliphatic carbocycles. The third kappa shape index (κ3) is 3.56. The molecule has 0 spiro atoms. The normalized spacial score (nSPS) is 15.8. The number of pyridine rings is 1. The summed E-state index contributed by atoms with van der Waals surface area (Å²) in [6, 6.07) is 15.0. The van der Waals surface area contributed by atoms with Crippen molar-refractivity contribution in [2.24, 2.45) is 0 Å². The van der Waals surface area contributed by atoms with Crippen molar-refractivity contribution in [1.29, 1.82) is 0 Å². The first-order valence-corrected chi connectivity index (χ1v) is 10.4. The second kappa shape index (κ2) is 8.14. The van der Waals surface area contributed by atoms with E-state index in [-0.39, 0.29) is 11.8 Å². The molecule has 5 rings (SSSR count). The number of amides is 1. The van der Waals surface area contributed by atoms with Crippen LogP contribution in [0.4, 0.5) is 5.95 Å². The molecule has 4 heterocycles. The van der Waals surface area contributed by atoms with Crippen LogP contribution in [-0.2, 0) is 4.79 Å². The zero-order valence-corrected chi connectivity index (χ0v) is 17.4. The van der Waals surface area contributed by atoms with Gasteiger partial charge < -0.3 is 15.4 Å². The third-order valence-electron chi connectivity index (χ3n) is 5.64. The molecule has 1 atom stereocenters. The molecule has 8 nitrogen and oxygen atoms in total. The van der Waals surface area contributed by atoms with Crippen molar-refractivity contribution in [3.05, 3.63) is 79.3 Å². The van der Waals surface area contributed by atoms with Crippen molar-refractivity contribution in [3.63, 3.8) is 0 Å². The smallest absolute Gasteiger partial charge is 0.245 e. The van der Waals surface area contributed by atoms with Gasteiger partial charge in [0, 0.05) is 43.0 Å². The average molecular weight is 426 g/mol. The van der Waals surface area contributed by atoms with E-state index >= 15 is 0 Å². The molecule has 1 aliphatic heterocycles. The molecule has 0 unspecified atom stereocenters. The van der Waals surface area contributed by atoms with Crippen molar-refractivity contribution >= 4 is 17.4 Å². The predicted molar refractivity (Wildman–Crippen MR) is 121 cm³/mol. The highest BCUT2D eigenvalue weighted by molar-refractivity contribution is 5.87. The summed E-state index contributed by atoms with van der Waals surface area (Å²) in [6.07, 6.45) is 5.57. The number of likely N-dealkylation sites (tertiary alicyclic amines) is 1. The lowest BCUT2D eigenvalue weighted by molar-refractivity contribution is -0.125. The van der Waals surface area contributed by atoms with Gasteiger partial charge in [-0.25, -0.2) is 15.0 Å². The summed E-state index contributed by atoms with van der Waals surface area (Å²) < 4.78 is 7.65. The molecule has 3 aromatic heterocycles. The van der Waals surface area contributed by atoms with Gasteiger partial charge in [-0.05, 0) is 48.9 Å². The number of nitrogens with zero attached hydrogens (tertiary/aromatic N) is 5. The number of rotatable bonds is 5. The molecule has 1 saturated heterocycles. The summed E-state index contributed by atoms with van der Waals surface area (Å²) in [7, 11) is 0. The lowest BCUT2D eigenvalue weighted by Crippen LogP contribution is -2.26. The Morgan fingerprint density at radius 1 is 1.12 bits per heavy atom. The van der Waals surface area contributed by atoms with Gasteiger partial charge in [0.15, 0.2) is 0 Å². The molecule has 1 aromatic carbocycles. The molecule has 0 saturated carbocycles. The van der Waals surface area contributed by atoms with Gasteiger partial charge in [-0.3, -0.25) is 9.20 Å². The molecular weight excluding hydrogens is 404 g/mol. The highest BCUT2D eigenvalue weighted by Crippen LogP contribution is 2.34. The highest BCUT2D eigenvalue weighted by atomic mass is 16.5. The molecule has 1 amide bonds. The lowest BCUT2D eigenvalue weighted by Gasteiger charge is -2.13. The van der Waals surface area contributed by atoms with Gasteiger partial charge in [-0.1, -0.05) is 12.6 Å². The fraction of sp³-hybridized carbons (Fsp3) is 0.167. The van der Waals surface area contributed by atoms with Gasteiger partial charge in [-0.15, -0.1) is 0 Å². The van der Waals surface area contributed by atoms with Crippen LogP contribution in [0, 0.1) is 0 Å². The molecule has 160 valence electrons. The molecule has 1 fully saturated rings. The van der Waals surface area contributed by atoms with E-state index < -0.39 is 0 Å². The zero-order valence-electron chi connectivity index (χ0n) is 17.4. The summed E-state index contributed by atoms with van der Waals surface area (Å²) in [6.45, 7) is 4.88. The number of hydrogen-bond donors (Lipinski definition) is 1. The maximum absolute atomic E-state index is 12.0. The minimum Gasteiger partial charge on any atom is -0.439 e. The number of hydrogen-bond acceptors (Lipinski definition) is 6. The van der Waals surface area contributed by atoms with Crippen LogP contribution in [0.2, 0.25) is 0 Å². The topological polar surface area (TPSA) is 98.6 Å². The average Bonchev–Trinajstić information content (AvgIpc) is 3.46. The van der Waals surface area contributed by atoms with Crippen molar-refractivity contribution in [1.82, 2.24) is 24.3 Å². The first-order valence-electron chi connectivity index (χ1n) is 10.4. The quantitative estimate of drug-likeness (QED) is 0.489. The van der Waals surface area contributed by atoms with Crippen molar-refractivity contribution in [2.45, 2.75) is 12.3 Å². The summed E-state index contributed by atoms with van der Waals surface area (Å²) in [4.78, 5) is 27.2. The predicted octanol–water partition coefficient (Wildman–Crippen LogP) is 3.67. The van der Waals surface area contributed by atoms with Crippen molar-refractivity contribution in [2.75, 3.05) is 18.8 Å². The van der Waals surface area contributed by atoms with Gasteiger partial charge in [0.2, 0.25) is 17.7 Å². The molecular formula is C24H22N6O2. The number of fused-ring (bicyclic) bond motifs is 1. The fourth-order valence-corrected chi connectivity index (χ4v) is 4.09. The van der Waals surface area contributed by atoms with Gasteiger partial charge in [0.25, 0.3) is 0 Å². The van der Waals surface area contributed by atoms with Crippen LogP contribution in [0.15, 0.2) is 73.6 Å². The van der Waals surface area contributed by atoms with Crippen LogP contribution in [0.25, 0.3) is 16.9 Å². The van der Waals surface area contributed by atoms with Gasteiger partial charge in [0.05, 0.1) is 11.2 Å². The van der Waals surface area contributed by atoms with E-state index in [0.717, 1.165) is 23.2 Å². The molecule has 0 radical (unpaired) electrons. The summed E-state index contributed by atoms with van der Waals surface area (Å²) in [5.41, 5.74) is 8.94. The van der Waals surface area contributed by atoms with Crippen LogP contribution >= 0.6 is 0 Å². The van der Waals surface area contributed by atoms with Crippen molar-refractivity contribution < 1.29 is 9.53 Å². The minimum absolute atomic E-state index is 0.0547. The number of carbonyl (C=O) groups is 1. The first-order chi connectivity index (χ1) is 15.6. The third-order valence-corrected chi connectivity index (χ3v) is 5.64. The van der Waals surface area contributed by atoms with E-state index in [0.29, 0.717) is 36.5 Å². The maximum Gasteiger partial charge on any atom is 0.245 e. The number of carbonyl (C=O) groups excluding carboxylic acids is 1. The Bertz CT molecular complexity index is 1280. The lowest BCUT2D eigenvalue weighted by atomic mass is 10.0. The van der Waals surface area contributed by atoms with Crippen LogP contribution < -0.4 is 10.5 Å². The van der Waals surface area contributed by atoms with E-state index in [2.05, 4.69) is 16.5 Å². The summed E-state index contributed by atoms with van der Waals surface area (Å²) >= 11 is 0. The Morgan fingerprint density at radius 3 is 2.72 bits per heavy atom. The second-order valence-electron chi connectivity index (χ2n) is 7.61. The fourth-order valence-electron chi connectivity index (χ4n) is 4.09. The number of aromatic nitrogens is 4. The Hall–Kier alpha value is -4.20. The highest BCUT2D eigenvalue weighted by Gasteiger charge is 2.30. The summed E-state index contributed by atoms with van der Waals surface area (Å²) in [5.74, 6) is 2.34. The molecule has 0 bridgehead atoms. The Labute approximate surface area is 185 Å². The molecule has 2 N–H and O–H groups in total. The van der Waals surface area contributed by atoms with E-state index in [1.54, 1.807) is 23.4 Å². The number of ether oxygens (including phenoxy) is 1. The SMILES string of the molecule is C=CC(=O)N1CC[C@@H](c2nc(-c3ccc(Oc4ccccn4)cc3)n3c(N)nccc23)C1. The van der Waals surface area contributed by atoms with E-state index in [4.69, 9.17) is 15.5 Å². The largest absolute Gasteiger partial charge is 0.439 e. The maximum atomic E-state index is 12.0. The van der Waals surface area contributed by atoms with Crippen LogP contribution in [0.5, 0.6) is 11.6 Å². The monoisotopic (exact) mass is 426 g/mol. The Balaban J connectivity index is 1.49. The van der Waals surface area contributed by atoms with Gasteiger partial charge in [-0.2, -0.15) is 0 Å². The minimum atomic E-state index is -0.0547. The van der Waals surface area contributed by atoms with Crippen molar-refractivity contribution in [3.8, 4) is 23.0 Å². The number of benzene rings is 1. The number of nitrogens with two attached hydrogens (primary N) is 1. The van der Waals surface area contributed by atoms with E-state index in [9.17, 15) is 4.79 Å². The number of anilines is 1. The number of nitrogen functional groups attached to an aromatic ring is 1. The van der Waals surface area contributed by atoms with Crippen LogP contribution in [0.3, 0.4) is 0 Å². The second-order valence-corrected chi connectivity index (χ2v) is 7.61. The van der Waals surface area contributed by atoms with Crippen LogP contribution in [-0.4, -0.2) is 43.2 Å². The molecule has 8 heteroatoms. The van der Waals surface area contributed by atoms with Gasteiger partial charge >= 0.3 is 0 Å². The van der Waals surface area contributed by atoms with Gasteiger partial charge in [0.1, 0.15) is 11.6 Å². The zero-order chi connectivity index (χ0) is 22.1. The first kappa shape index (κ1) is 19.7. The standard InChI is InChI=1S/C24H22N6O2/c1-2-21(31)29-14-11-17(15-29)22-19-10-13-27-24(25)30(19)23(28-22)16-6-8-18(9-7-16)32-20-5-3-4-12-26-20/h2-10,12-13,17H,1,11,14-15H2,(H2,25,27)/t17-/m1/s1.